The predicted octanol–water partition coefficient (Wildman–Crippen LogP) is 1.11. The van der Waals surface area contributed by atoms with Gasteiger partial charge in [0.15, 0.2) is 0 Å². The van der Waals surface area contributed by atoms with Crippen LogP contribution in [0, 0.1) is 0 Å². The molecule has 3 N–H and O–H groups in total. The Morgan fingerprint density at radius 2 is 2.36 bits per heavy atom. The fourth-order valence-corrected chi connectivity index (χ4v) is 0.947. The SMILES string of the molecule is C[C@@H](N)COc1cccc(C(=O)O)c1. The topological polar surface area (TPSA) is 72.5 Å². The van der Waals surface area contributed by atoms with E-state index in [1.165, 1.54) is 12.1 Å². The van der Waals surface area contributed by atoms with Crippen LogP contribution in [0.1, 0.15) is 17.3 Å². The second-order valence-electron chi connectivity index (χ2n) is 3.12. The van der Waals surface area contributed by atoms with Crippen LogP contribution in [0.25, 0.3) is 0 Å². The van der Waals surface area contributed by atoms with E-state index in [0.29, 0.717) is 12.4 Å². The van der Waals surface area contributed by atoms with E-state index < -0.39 is 5.97 Å². The molecule has 0 aromatic heterocycles. The summed E-state index contributed by atoms with van der Waals surface area (Å²) in [4.78, 5) is 10.6. The maximum atomic E-state index is 10.6. The third-order valence-corrected chi connectivity index (χ3v) is 1.59. The Hall–Kier alpha value is -1.55. The highest BCUT2D eigenvalue weighted by molar-refractivity contribution is 5.87. The molecule has 0 bridgehead atoms. The summed E-state index contributed by atoms with van der Waals surface area (Å²) in [6, 6.07) is 6.27. The predicted molar refractivity (Wildman–Crippen MR) is 52.5 cm³/mol. The molecule has 0 saturated heterocycles. The molecule has 0 amide bonds. The zero-order chi connectivity index (χ0) is 10.6. The standard InChI is InChI=1S/C10H13NO3/c1-7(11)6-14-9-4-2-3-8(5-9)10(12)13/h2-5,7H,6,11H2,1H3,(H,12,13)/t7-/m1/s1. The Morgan fingerprint density at radius 3 is 2.93 bits per heavy atom. The minimum absolute atomic E-state index is 0.0662. The first-order chi connectivity index (χ1) is 6.59. The first-order valence-corrected chi connectivity index (χ1v) is 4.31. The van der Waals surface area contributed by atoms with Gasteiger partial charge in [0.05, 0.1) is 5.56 Å². The number of benzene rings is 1. The normalized spacial score (nSPS) is 12.1. The Kier molecular flexibility index (Phi) is 3.48. The van der Waals surface area contributed by atoms with Gasteiger partial charge in [-0.25, -0.2) is 4.79 Å². The van der Waals surface area contributed by atoms with Gasteiger partial charge in [-0.1, -0.05) is 6.07 Å². The molecule has 1 aromatic rings. The van der Waals surface area contributed by atoms with Gasteiger partial charge in [0, 0.05) is 6.04 Å². The zero-order valence-electron chi connectivity index (χ0n) is 7.93. The molecule has 0 aliphatic heterocycles. The Labute approximate surface area is 82.3 Å². The lowest BCUT2D eigenvalue weighted by atomic mass is 10.2. The second-order valence-corrected chi connectivity index (χ2v) is 3.12. The Balaban J connectivity index is 2.69. The fourth-order valence-electron chi connectivity index (χ4n) is 0.947. The monoisotopic (exact) mass is 195 g/mol. The molecule has 1 rings (SSSR count). The number of hydrogen-bond donors (Lipinski definition) is 2. The molecule has 0 spiro atoms. The molecule has 0 saturated carbocycles. The molecule has 0 radical (unpaired) electrons. The summed E-state index contributed by atoms with van der Waals surface area (Å²) in [6.45, 7) is 2.20. The fraction of sp³-hybridized carbons (Fsp3) is 0.300. The van der Waals surface area contributed by atoms with Crippen LogP contribution >= 0.6 is 0 Å². The highest BCUT2D eigenvalue weighted by Crippen LogP contribution is 2.13. The quantitative estimate of drug-likeness (QED) is 0.754. The van der Waals surface area contributed by atoms with E-state index in [9.17, 15) is 4.79 Å². The maximum absolute atomic E-state index is 10.6. The molecule has 4 heteroatoms. The number of aromatic carboxylic acids is 1. The third kappa shape index (κ3) is 3.06. The van der Waals surface area contributed by atoms with Gasteiger partial charge < -0.3 is 15.6 Å². The van der Waals surface area contributed by atoms with Gasteiger partial charge in [-0.05, 0) is 25.1 Å². The molecule has 0 aliphatic carbocycles. The minimum atomic E-state index is -0.962. The summed E-state index contributed by atoms with van der Waals surface area (Å²) in [7, 11) is 0. The lowest BCUT2D eigenvalue weighted by molar-refractivity contribution is 0.0696. The molecular weight excluding hydrogens is 182 g/mol. The van der Waals surface area contributed by atoms with Crippen molar-refractivity contribution in [3.8, 4) is 5.75 Å². The third-order valence-electron chi connectivity index (χ3n) is 1.59. The molecule has 0 heterocycles. The van der Waals surface area contributed by atoms with Crippen LogP contribution in [0.3, 0.4) is 0 Å². The van der Waals surface area contributed by atoms with Crippen LogP contribution < -0.4 is 10.5 Å². The average Bonchev–Trinajstić information content (AvgIpc) is 2.15. The number of hydrogen-bond acceptors (Lipinski definition) is 3. The van der Waals surface area contributed by atoms with Gasteiger partial charge in [0.25, 0.3) is 0 Å². The second kappa shape index (κ2) is 4.62. The van der Waals surface area contributed by atoms with Gasteiger partial charge in [0.1, 0.15) is 12.4 Å². The van der Waals surface area contributed by atoms with Crippen molar-refractivity contribution in [3.63, 3.8) is 0 Å². The molecule has 0 aliphatic rings. The number of rotatable bonds is 4. The van der Waals surface area contributed by atoms with Crippen molar-refractivity contribution in [2.24, 2.45) is 5.73 Å². The molecule has 76 valence electrons. The van der Waals surface area contributed by atoms with E-state index in [2.05, 4.69) is 0 Å². The van der Waals surface area contributed by atoms with Crippen molar-refractivity contribution in [2.75, 3.05) is 6.61 Å². The van der Waals surface area contributed by atoms with Gasteiger partial charge in [-0.15, -0.1) is 0 Å². The summed E-state index contributed by atoms with van der Waals surface area (Å²) >= 11 is 0. The molecule has 0 fully saturated rings. The van der Waals surface area contributed by atoms with E-state index in [0.717, 1.165) is 0 Å². The number of nitrogens with two attached hydrogens (primary N) is 1. The Morgan fingerprint density at radius 1 is 1.64 bits per heavy atom. The number of carboxylic acid groups (broad SMARTS) is 1. The number of ether oxygens (including phenoxy) is 1. The lowest BCUT2D eigenvalue weighted by Gasteiger charge is -2.08. The van der Waals surface area contributed by atoms with Crippen LogP contribution in [0.5, 0.6) is 5.75 Å². The summed E-state index contributed by atoms with van der Waals surface area (Å²) < 4.78 is 5.27. The molecule has 4 nitrogen and oxygen atoms in total. The van der Waals surface area contributed by atoms with Crippen LogP contribution in [0.4, 0.5) is 0 Å². The van der Waals surface area contributed by atoms with Gasteiger partial charge in [-0.3, -0.25) is 0 Å². The minimum Gasteiger partial charge on any atom is -0.492 e. The summed E-state index contributed by atoms with van der Waals surface area (Å²) in [5.41, 5.74) is 5.71. The molecule has 1 aromatic carbocycles. The van der Waals surface area contributed by atoms with Crippen molar-refractivity contribution in [3.05, 3.63) is 29.8 Å². The summed E-state index contributed by atoms with van der Waals surface area (Å²) in [6.07, 6.45) is 0. The summed E-state index contributed by atoms with van der Waals surface area (Å²) in [5, 5.41) is 8.71. The Bertz CT molecular complexity index is 323. The van der Waals surface area contributed by atoms with Gasteiger partial charge in [0.2, 0.25) is 0 Å². The zero-order valence-corrected chi connectivity index (χ0v) is 7.93. The summed E-state index contributed by atoms with van der Waals surface area (Å²) in [5.74, 6) is -0.432. The smallest absolute Gasteiger partial charge is 0.335 e. The van der Waals surface area contributed by atoms with Crippen LogP contribution in [-0.2, 0) is 0 Å². The van der Waals surface area contributed by atoms with Gasteiger partial charge in [-0.2, -0.15) is 0 Å². The van der Waals surface area contributed by atoms with E-state index in [1.54, 1.807) is 12.1 Å². The van der Waals surface area contributed by atoms with Crippen LogP contribution in [0.15, 0.2) is 24.3 Å². The maximum Gasteiger partial charge on any atom is 0.335 e. The van der Waals surface area contributed by atoms with E-state index in [-0.39, 0.29) is 11.6 Å². The van der Waals surface area contributed by atoms with Crippen molar-refractivity contribution in [1.29, 1.82) is 0 Å². The first-order valence-electron chi connectivity index (χ1n) is 4.31. The molecule has 14 heavy (non-hydrogen) atoms. The number of carbonyl (C=O) groups is 1. The highest BCUT2D eigenvalue weighted by atomic mass is 16.5. The first kappa shape index (κ1) is 10.5. The van der Waals surface area contributed by atoms with Gasteiger partial charge >= 0.3 is 5.97 Å². The van der Waals surface area contributed by atoms with Crippen LogP contribution in [0.2, 0.25) is 0 Å². The van der Waals surface area contributed by atoms with Crippen LogP contribution in [-0.4, -0.2) is 23.7 Å². The van der Waals surface area contributed by atoms with Crippen molar-refractivity contribution < 1.29 is 14.6 Å². The van der Waals surface area contributed by atoms with E-state index >= 15 is 0 Å². The molecular formula is C10H13NO3. The van der Waals surface area contributed by atoms with E-state index in [4.69, 9.17) is 15.6 Å². The molecule has 1 atom stereocenters. The largest absolute Gasteiger partial charge is 0.492 e. The van der Waals surface area contributed by atoms with E-state index in [1.807, 2.05) is 6.92 Å². The van der Waals surface area contributed by atoms with Crippen molar-refractivity contribution >= 4 is 5.97 Å². The van der Waals surface area contributed by atoms with Crippen molar-refractivity contribution in [1.82, 2.24) is 0 Å². The average molecular weight is 195 g/mol. The number of carboxylic acids is 1. The molecule has 0 unspecified atom stereocenters. The highest BCUT2D eigenvalue weighted by Gasteiger charge is 2.03. The van der Waals surface area contributed by atoms with Crippen molar-refractivity contribution in [2.45, 2.75) is 13.0 Å². The lowest BCUT2D eigenvalue weighted by Crippen LogP contribution is -2.23.